The zero-order chi connectivity index (χ0) is 24.3. The van der Waals surface area contributed by atoms with E-state index in [0.717, 1.165) is 4.90 Å². The first-order valence-corrected chi connectivity index (χ1v) is 10.3. The van der Waals surface area contributed by atoms with Gasteiger partial charge in [0.2, 0.25) is 0 Å². The summed E-state index contributed by atoms with van der Waals surface area (Å²) in [6.45, 7) is 10.9. The van der Waals surface area contributed by atoms with Gasteiger partial charge < -0.3 is 4.90 Å². The molecule has 0 unspecified atom stereocenters. The zero-order valence-corrected chi connectivity index (χ0v) is 18.8. The molecule has 3 nitrogen and oxygen atoms in total. The van der Waals surface area contributed by atoms with E-state index in [1.165, 1.54) is 25.4 Å². The molecule has 0 saturated carbocycles. The fourth-order valence-corrected chi connectivity index (χ4v) is 4.03. The molecule has 0 radical (unpaired) electrons. The number of benzene rings is 1. The van der Waals surface area contributed by atoms with Crippen LogP contribution in [0.25, 0.3) is 0 Å². The molecule has 0 fully saturated rings. The van der Waals surface area contributed by atoms with E-state index < -0.39 is 17.7 Å². The summed E-state index contributed by atoms with van der Waals surface area (Å²) in [5, 5.41) is 0. The van der Waals surface area contributed by atoms with Crippen molar-refractivity contribution in [2.45, 2.75) is 26.6 Å². The van der Waals surface area contributed by atoms with Crippen molar-refractivity contribution in [3.8, 4) is 0 Å². The average molecular weight is 455 g/mol. The Morgan fingerprint density at radius 2 is 1.91 bits per heavy atom. The number of allylic oxidation sites excluding steroid dienone is 4. The van der Waals surface area contributed by atoms with Crippen molar-refractivity contribution < 1.29 is 17.6 Å². The number of nitrogens with zero attached hydrogens (tertiary/aromatic N) is 3. The molecule has 172 valence electrons. The van der Waals surface area contributed by atoms with Gasteiger partial charge in [0.1, 0.15) is 11.5 Å². The lowest BCUT2D eigenvalue weighted by atomic mass is 9.89. The minimum atomic E-state index is -4.67. The van der Waals surface area contributed by atoms with Crippen molar-refractivity contribution in [2.75, 3.05) is 13.6 Å². The molecule has 0 aliphatic carbocycles. The van der Waals surface area contributed by atoms with Crippen LogP contribution in [0.5, 0.6) is 0 Å². The summed E-state index contributed by atoms with van der Waals surface area (Å²) in [6, 6.07) is 9.71. The quantitative estimate of drug-likeness (QED) is 0.360. The molecule has 2 heterocycles. The van der Waals surface area contributed by atoms with E-state index in [1.54, 1.807) is 44.2 Å². The highest BCUT2D eigenvalue weighted by Crippen LogP contribution is 2.39. The highest BCUT2D eigenvalue weighted by Gasteiger charge is 2.40. The standard InChI is InChI=1S/C26H25F4N3/c1-6-19(25(26(28,29)30)33(5)15-18-11-7-8-13-31-18)20-14-32-24(22(20)16(2)3)23-17(4)10-9-12-21(23)27/h6-13H,1-2,14-15H2,3-5H3/b25-19+. The van der Waals surface area contributed by atoms with Crippen LogP contribution in [0.15, 0.2) is 94.8 Å². The Kier molecular flexibility index (Phi) is 7.01. The summed E-state index contributed by atoms with van der Waals surface area (Å²) < 4.78 is 57.7. The van der Waals surface area contributed by atoms with Crippen molar-refractivity contribution in [1.82, 2.24) is 9.88 Å². The number of hydrogen-bond donors (Lipinski definition) is 0. The number of aromatic nitrogens is 1. The van der Waals surface area contributed by atoms with Crippen LogP contribution in [0.2, 0.25) is 0 Å². The van der Waals surface area contributed by atoms with Crippen LogP contribution >= 0.6 is 0 Å². The zero-order valence-electron chi connectivity index (χ0n) is 18.8. The van der Waals surface area contributed by atoms with Crippen LogP contribution in [0.1, 0.15) is 23.7 Å². The molecular weight excluding hydrogens is 430 g/mol. The van der Waals surface area contributed by atoms with E-state index in [9.17, 15) is 17.6 Å². The van der Waals surface area contributed by atoms with Crippen molar-refractivity contribution >= 4 is 5.71 Å². The van der Waals surface area contributed by atoms with Gasteiger partial charge in [-0.15, -0.1) is 0 Å². The second-order valence-corrected chi connectivity index (χ2v) is 7.87. The lowest BCUT2D eigenvalue weighted by molar-refractivity contribution is -0.110. The summed E-state index contributed by atoms with van der Waals surface area (Å²) in [7, 11) is 1.36. The first-order valence-electron chi connectivity index (χ1n) is 10.3. The molecule has 0 N–H and O–H groups in total. The Morgan fingerprint density at radius 3 is 2.45 bits per heavy atom. The molecule has 33 heavy (non-hydrogen) atoms. The number of aliphatic imine (C=N–C) groups is 1. The number of aryl methyl sites for hydroxylation is 1. The molecule has 1 aliphatic heterocycles. The third-order valence-corrected chi connectivity index (χ3v) is 5.38. The van der Waals surface area contributed by atoms with Gasteiger partial charge in [-0.2, -0.15) is 13.2 Å². The third kappa shape index (κ3) is 4.97. The Labute approximate surface area is 191 Å². The second-order valence-electron chi connectivity index (χ2n) is 7.87. The molecule has 0 spiro atoms. The van der Waals surface area contributed by atoms with Gasteiger partial charge in [0.15, 0.2) is 0 Å². The van der Waals surface area contributed by atoms with E-state index in [4.69, 9.17) is 0 Å². The van der Waals surface area contributed by atoms with Crippen molar-refractivity contribution in [1.29, 1.82) is 0 Å². The van der Waals surface area contributed by atoms with Crippen LogP contribution in [-0.2, 0) is 6.54 Å². The smallest absolute Gasteiger partial charge is 0.364 e. The maximum Gasteiger partial charge on any atom is 0.431 e. The van der Waals surface area contributed by atoms with Crippen molar-refractivity contribution in [3.05, 3.63) is 112 Å². The summed E-state index contributed by atoms with van der Waals surface area (Å²) in [5.41, 5.74) is 1.96. The van der Waals surface area contributed by atoms with Gasteiger partial charge in [0.05, 0.1) is 24.5 Å². The van der Waals surface area contributed by atoms with Gasteiger partial charge in [-0.05, 0) is 48.8 Å². The van der Waals surface area contributed by atoms with Crippen molar-refractivity contribution in [3.63, 3.8) is 0 Å². The number of hydrogen-bond acceptors (Lipinski definition) is 3. The van der Waals surface area contributed by atoms with Gasteiger partial charge in [-0.25, -0.2) is 4.39 Å². The van der Waals surface area contributed by atoms with E-state index in [2.05, 4.69) is 23.1 Å². The van der Waals surface area contributed by atoms with Crippen LogP contribution < -0.4 is 0 Å². The molecule has 0 bridgehead atoms. The van der Waals surface area contributed by atoms with E-state index in [0.29, 0.717) is 33.7 Å². The van der Waals surface area contributed by atoms with E-state index >= 15 is 0 Å². The van der Waals surface area contributed by atoms with Crippen LogP contribution in [0, 0.1) is 12.7 Å². The van der Waals surface area contributed by atoms with Crippen molar-refractivity contribution in [2.24, 2.45) is 4.99 Å². The monoisotopic (exact) mass is 455 g/mol. The number of pyridine rings is 1. The molecule has 1 aromatic heterocycles. The lowest BCUT2D eigenvalue weighted by Crippen LogP contribution is -2.30. The predicted molar refractivity (Wildman–Crippen MR) is 123 cm³/mol. The summed E-state index contributed by atoms with van der Waals surface area (Å²) in [4.78, 5) is 9.69. The first kappa shape index (κ1) is 24.2. The Bertz CT molecular complexity index is 1150. The SMILES string of the molecule is C=C/C(C1=C(C(=C)C)C(c2c(C)cccc2F)=NC1)=C(\N(C)Cc1ccccn1)C(F)(F)F. The van der Waals surface area contributed by atoms with Crippen LogP contribution in [0.3, 0.4) is 0 Å². The molecule has 2 aromatic rings. The molecule has 1 aromatic carbocycles. The summed E-state index contributed by atoms with van der Waals surface area (Å²) in [6.07, 6.45) is -1.95. The van der Waals surface area contributed by atoms with Gasteiger partial charge in [0.25, 0.3) is 0 Å². The highest BCUT2D eigenvalue weighted by molar-refractivity contribution is 6.18. The predicted octanol–water partition coefficient (Wildman–Crippen LogP) is 6.34. The van der Waals surface area contributed by atoms with Gasteiger partial charge >= 0.3 is 6.18 Å². The molecule has 0 amide bonds. The lowest BCUT2D eigenvalue weighted by Gasteiger charge is -2.27. The normalized spacial score (nSPS) is 14.7. The fourth-order valence-electron chi connectivity index (χ4n) is 4.03. The molecule has 0 saturated heterocycles. The Balaban J connectivity index is 2.20. The topological polar surface area (TPSA) is 28.5 Å². The fraction of sp³-hybridized carbons (Fsp3) is 0.231. The average Bonchev–Trinajstić information content (AvgIpc) is 3.16. The van der Waals surface area contributed by atoms with Crippen LogP contribution in [-0.4, -0.2) is 35.4 Å². The molecule has 3 rings (SSSR count). The van der Waals surface area contributed by atoms with E-state index in [1.807, 2.05) is 0 Å². The third-order valence-electron chi connectivity index (χ3n) is 5.38. The minimum Gasteiger partial charge on any atom is -0.364 e. The molecular formula is C26H25F4N3. The highest BCUT2D eigenvalue weighted by atomic mass is 19.4. The number of alkyl halides is 3. The van der Waals surface area contributed by atoms with Gasteiger partial charge in [0, 0.05) is 30.0 Å². The number of rotatable bonds is 7. The summed E-state index contributed by atoms with van der Waals surface area (Å²) >= 11 is 0. The summed E-state index contributed by atoms with van der Waals surface area (Å²) in [5.74, 6) is -0.485. The second kappa shape index (κ2) is 9.57. The van der Waals surface area contributed by atoms with Gasteiger partial charge in [-0.3, -0.25) is 9.98 Å². The van der Waals surface area contributed by atoms with E-state index in [-0.39, 0.29) is 24.2 Å². The Morgan fingerprint density at radius 1 is 1.18 bits per heavy atom. The molecule has 1 aliphatic rings. The van der Waals surface area contributed by atoms with Gasteiger partial charge in [-0.1, -0.05) is 37.4 Å². The van der Waals surface area contributed by atoms with Crippen LogP contribution in [0.4, 0.5) is 17.6 Å². The maximum atomic E-state index is 14.7. The Hall–Kier alpha value is -3.48. The largest absolute Gasteiger partial charge is 0.431 e. The molecule has 7 heteroatoms. The minimum absolute atomic E-state index is 0.0380. The molecule has 0 atom stereocenters. The maximum absolute atomic E-state index is 14.7. The first-order chi connectivity index (χ1) is 15.6. The number of halogens is 4.